The molecule has 1 aliphatic carbocycles. The summed E-state index contributed by atoms with van der Waals surface area (Å²) in [6.07, 6.45) is 4.84. The lowest BCUT2D eigenvalue weighted by Crippen LogP contribution is -2.35. The molecule has 1 nitrogen and oxygen atoms in total. The average molecular weight is 794 g/mol. The molecule has 2 atom stereocenters. The van der Waals surface area contributed by atoms with Crippen LogP contribution in [0.3, 0.4) is 0 Å². The van der Waals surface area contributed by atoms with Gasteiger partial charge in [0.1, 0.15) is 0 Å². The van der Waals surface area contributed by atoms with E-state index in [4.69, 9.17) is 0 Å². The van der Waals surface area contributed by atoms with Crippen molar-refractivity contribution in [1.29, 1.82) is 0 Å². The summed E-state index contributed by atoms with van der Waals surface area (Å²) in [6, 6.07) is 73.4. The Hall–Kier alpha value is -7.74. The van der Waals surface area contributed by atoms with Crippen molar-refractivity contribution >= 4 is 49.4 Å². The van der Waals surface area contributed by atoms with Crippen LogP contribution in [-0.2, 0) is 5.41 Å². The van der Waals surface area contributed by atoms with Gasteiger partial charge in [-0.3, -0.25) is 0 Å². The molecule has 0 radical (unpaired) electrons. The van der Waals surface area contributed by atoms with Crippen molar-refractivity contribution in [2.75, 3.05) is 4.90 Å². The first kappa shape index (κ1) is 35.1. The summed E-state index contributed by atoms with van der Waals surface area (Å²) in [5.74, 6) is 0.00489. The minimum absolute atomic E-state index is 0.00489. The molecule has 0 fully saturated rings. The van der Waals surface area contributed by atoms with Gasteiger partial charge in [0.25, 0.3) is 0 Å². The number of fused-ring (bicyclic) bond motifs is 7. The highest BCUT2D eigenvalue weighted by molar-refractivity contribution is 6.14. The molecule has 0 heterocycles. The van der Waals surface area contributed by atoms with Crippen molar-refractivity contribution in [2.45, 2.75) is 11.8 Å². The monoisotopic (exact) mass is 793 g/mol. The van der Waals surface area contributed by atoms with E-state index in [2.05, 4.69) is 218 Å². The Kier molecular flexibility index (Phi) is 8.69. The Labute approximate surface area is 367 Å². The van der Waals surface area contributed by atoms with Crippen LogP contribution >= 0.6 is 0 Å². The molecule has 0 aromatic heterocycles. The van der Waals surface area contributed by atoms with Crippen LogP contribution in [0.2, 0.25) is 0 Å². The fraction of sp³-hybridized carbons (Fsp3) is 0.0492. The Morgan fingerprint density at radius 3 is 1.98 bits per heavy atom. The molecule has 1 heteroatoms. The van der Waals surface area contributed by atoms with Crippen LogP contribution < -0.4 is 4.90 Å². The number of allylic oxidation sites excluding steroid dienone is 2. The standard InChI is InChI=1S/C61H45N/c1-3-18-47(4-2)61(48-24-6-5-7-25-48)58-31-15-14-30-55(58)56-38-37-50(41-59(56)61)62(60-32-17-21-43-19-8-11-27-52(43)60)49-35-33-42(34-36-49)44-22-16-23-45(39-44)57-40-46-20-9-10-26-51(46)53-28-12-13-29-54(53)57/h3-17,19-41,47H,1-2,18H2/i33D,36D. The summed E-state index contributed by atoms with van der Waals surface area (Å²) >= 11 is 0. The first-order valence-electron chi connectivity index (χ1n) is 22.4. The molecule has 0 spiro atoms. The van der Waals surface area contributed by atoms with Gasteiger partial charge in [0, 0.05) is 16.8 Å². The summed E-state index contributed by atoms with van der Waals surface area (Å²) in [7, 11) is 0. The van der Waals surface area contributed by atoms with Crippen molar-refractivity contribution in [3.05, 3.63) is 260 Å². The third-order valence-electron chi connectivity index (χ3n) is 13.0. The zero-order chi connectivity index (χ0) is 43.4. The number of hydrogen-bond acceptors (Lipinski definition) is 1. The van der Waals surface area contributed by atoms with Gasteiger partial charge in [0.2, 0.25) is 0 Å². The first-order chi connectivity index (χ1) is 31.5. The molecular weight excluding hydrogens is 747 g/mol. The van der Waals surface area contributed by atoms with Gasteiger partial charge in [-0.2, -0.15) is 0 Å². The SMILES string of the molecule is [2H]c1cc(N(c2ccc3c(c2)C(c2ccccc2)(C(C=C)CC=C)c2ccccc2-3)c2cccc3ccccc23)c([2H])cc1-c1cccc(-c2cc3ccccc3c3ccccc23)c1. The largest absolute Gasteiger partial charge is 0.310 e. The predicted molar refractivity (Wildman–Crippen MR) is 265 cm³/mol. The predicted octanol–water partition coefficient (Wildman–Crippen LogP) is 16.6. The van der Waals surface area contributed by atoms with Gasteiger partial charge in [-0.05, 0) is 132 Å². The highest BCUT2D eigenvalue weighted by Gasteiger charge is 2.48. The lowest BCUT2D eigenvalue weighted by molar-refractivity contribution is 0.461. The van der Waals surface area contributed by atoms with Gasteiger partial charge in [-0.1, -0.05) is 188 Å². The van der Waals surface area contributed by atoms with Crippen LogP contribution in [0.25, 0.3) is 65.7 Å². The second kappa shape index (κ2) is 15.4. The molecule has 0 saturated carbocycles. The van der Waals surface area contributed by atoms with Gasteiger partial charge in [-0.15, -0.1) is 13.2 Å². The fourth-order valence-corrected chi connectivity index (χ4v) is 10.3. The van der Waals surface area contributed by atoms with E-state index in [-0.39, 0.29) is 5.92 Å². The van der Waals surface area contributed by atoms with E-state index in [0.717, 1.165) is 45.3 Å². The Morgan fingerprint density at radius 1 is 0.468 bits per heavy atom. The summed E-state index contributed by atoms with van der Waals surface area (Å²) < 4.78 is 19.6. The van der Waals surface area contributed by atoms with E-state index >= 15 is 0 Å². The number of nitrogens with zero attached hydrogens (tertiary/aromatic N) is 1. The third kappa shape index (κ3) is 5.92. The van der Waals surface area contributed by atoms with Gasteiger partial charge >= 0.3 is 0 Å². The molecule has 1 aliphatic rings. The number of benzene rings is 10. The summed E-state index contributed by atoms with van der Waals surface area (Å²) in [6.45, 7) is 8.63. The average Bonchev–Trinajstić information content (AvgIpc) is 3.64. The van der Waals surface area contributed by atoms with Crippen molar-refractivity contribution < 1.29 is 2.74 Å². The molecular formula is C61H45N. The minimum atomic E-state index is -0.556. The van der Waals surface area contributed by atoms with E-state index in [1.165, 1.54) is 49.4 Å². The molecule has 2 unspecified atom stereocenters. The van der Waals surface area contributed by atoms with Crippen LogP contribution in [0.1, 0.15) is 25.9 Å². The third-order valence-corrected chi connectivity index (χ3v) is 13.0. The molecule has 11 rings (SSSR count). The van der Waals surface area contributed by atoms with E-state index in [1.807, 2.05) is 18.2 Å². The highest BCUT2D eigenvalue weighted by atomic mass is 15.1. The second-order valence-electron chi connectivity index (χ2n) is 16.3. The Balaban J connectivity index is 1.11. The van der Waals surface area contributed by atoms with Crippen LogP contribution in [-0.4, -0.2) is 0 Å². The lowest BCUT2D eigenvalue weighted by Gasteiger charge is -2.39. The van der Waals surface area contributed by atoms with E-state index < -0.39 is 5.41 Å². The van der Waals surface area contributed by atoms with Crippen molar-refractivity contribution in [1.82, 2.24) is 0 Å². The number of rotatable bonds is 10. The molecule has 0 N–H and O–H groups in total. The maximum Gasteiger partial charge on any atom is 0.0645 e. The molecule has 10 aromatic rings. The van der Waals surface area contributed by atoms with E-state index in [9.17, 15) is 2.74 Å². The molecule has 0 amide bonds. The molecule has 294 valence electrons. The van der Waals surface area contributed by atoms with E-state index in [1.54, 1.807) is 0 Å². The number of anilines is 3. The van der Waals surface area contributed by atoms with Crippen molar-refractivity contribution in [3.63, 3.8) is 0 Å². The summed E-state index contributed by atoms with van der Waals surface area (Å²) in [4.78, 5) is 2.19. The van der Waals surface area contributed by atoms with Crippen LogP contribution in [0.4, 0.5) is 17.1 Å². The molecule has 0 saturated heterocycles. The molecule has 62 heavy (non-hydrogen) atoms. The summed E-state index contributed by atoms with van der Waals surface area (Å²) in [5.41, 5.74) is 11.8. The van der Waals surface area contributed by atoms with Gasteiger partial charge in [0.15, 0.2) is 0 Å². The van der Waals surface area contributed by atoms with Gasteiger partial charge in [-0.25, -0.2) is 0 Å². The van der Waals surface area contributed by atoms with Crippen molar-refractivity contribution in [3.8, 4) is 33.4 Å². The molecule has 0 aliphatic heterocycles. The Morgan fingerprint density at radius 2 is 1.15 bits per heavy atom. The van der Waals surface area contributed by atoms with Crippen molar-refractivity contribution in [2.24, 2.45) is 5.92 Å². The highest BCUT2D eigenvalue weighted by Crippen LogP contribution is 2.58. The zero-order valence-corrected chi connectivity index (χ0v) is 34.4. The fourth-order valence-electron chi connectivity index (χ4n) is 10.3. The number of hydrogen-bond donors (Lipinski definition) is 0. The van der Waals surface area contributed by atoms with Gasteiger partial charge < -0.3 is 4.90 Å². The Bertz CT molecular complexity index is 3450. The van der Waals surface area contributed by atoms with E-state index in [0.29, 0.717) is 23.3 Å². The minimum Gasteiger partial charge on any atom is -0.310 e. The van der Waals surface area contributed by atoms with Crippen LogP contribution in [0.15, 0.2) is 244 Å². The van der Waals surface area contributed by atoms with Gasteiger partial charge in [0.05, 0.1) is 13.8 Å². The maximum atomic E-state index is 9.89. The smallest absolute Gasteiger partial charge is 0.0645 e. The lowest BCUT2D eigenvalue weighted by atomic mass is 9.63. The summed E-state index contributed by atoms with van der Waals surface area (Å²) in [5, 5.41) is 6.97. The quantitative estimate of drug-likeness (QED) is 0.0985. The molecule has 10 aromatic carbocycles. The topological polar surface area (TPSA) is 3.24 Å². The zero-order valence-electron chi connectivity index (χ0n) is 36.4. The second-order valence-corrected chi connectivity index (χ2v) is 16.3. The van der Waals surface area contributed by atoms with Crippen LogP contribution in [0, 0.1) is 5.92 Å². The first-order valence-corrected chi connectivity index (χ1v) is 21.4. The van der Waals surface area contributed by atoms with Crippen LogP contribution in [0.5, 0.6) is 0 Å². The normalized spacial score (nSPS) is 15.1. The maximum absolute atomic E-state index is 9.89. The molecule has 0 bridgehead atoms.